The Morgan fingerprint density at radius 3 is 1.80 bits per heavy atom. The van der Waals surface area contributed by atoms with Crippen LogP contribution >= 0.6 is 11.3 Å². The molecule has 5 nitrogen and oxygen atoms in total. The molecular weight excluding hydrogens is 861 g/mol. The third kappa shape index (κ3) is 6.87. The van der Waals surface area contributed by atoms with Crippen molar-refractivity contribution in [3.8, 4) is 62.1 Å². The molecule has 6 heteroatoms. The van der Waals surface area contributed by atoms with Crippen molar-refractivity contribution in [3.63, 3.8) is 0 Å². The summed E-state index contributed by atoms with van der Waals surface area (Å²) in [5.74, 6) is 1.77. The largest absolute Gasteiger partial charge is 0.456 e. The number of hydrogen-bond donors (Lipinski definition) is 0. The van der Waals surface area contributed by atoms with E-state index in [4.69, 9.17) is 19.4 Å². The number of rotatable bonds is 6. The van der Waals surface area contributed by atoms with Crippen LogP contribution < -0.4 is 0 Å². The summed E-state index contributed by atoms with van der Waals surface area (Å²) in [5.41, 5.74) is 12.3. The molecule has 0 aliphatic carbocycles. The van der Waals surface area contributed by atoms with E-state index in [9.17, 15) is 0 Å². The first-order valence-electron chi connectivity index (χ1n) is 23.5. The summed E-state index contributed by atoms with van der Waals surface area (Å²) < 4.78 is 11.4. The summed E-state index contributed by atoms with van der Waals surface area (Å²) >= 11 is 1.86. The van der Waals surface area contributed by atoms with E-state index in [1.54, 1.807) is 0 Å². The standard InChI is InChI=1S/C61H36N4OS.C2H6/c1-2-13-37(14-3-1)59-62-60(64-61(63-59)44-28-29-48-47-21-6-8-25-54(47)66-55(48)35-44)43-19-11-20-45(32-43)65-53-34-40-16-5-4-15-39(40)33-52(53)51-24-12-23-46(58(51)65)42-18-10-17-38(31-42)41-27-30-50-49-22-7-9-26-56(49)67-57(50)36-41;1-2/h1-36H;1-2H3. The molecule has 14 rings (SSSR count). The van der Waals surface area contributed by atoms with E-state index in [1.807, 2.05) is 79.8 Å². The second-order valence-electron chi connectivity index (χ2n) is 17.2. The van der Waals surface area contributed by atoms with Crippen LogP contribution in [0.3, 0.4) is 0 Å². The van der Waals surface area contributed by atoms with Crippen LogP contribution in [0.4, 0.5) is 0 Å². The van der Waals surface area contributed by atoms with Gasteiger partial charge < -0.3 is 8.98 Å². The quantitative estimate of drug-likeness (QED) is 0.167. The van der Waals surface area contributed by atoms with E-state index in [2.05, 4.69) is 168 Å². The van der Waals surface area contributed by atoms with Gasteiger partial charge >= 0.3 is 0 Å². The minimum absolute atomic E-state index is 0.577. The van der Waals surface area contributed by atoms with Crippen LogP contribution in [-0.4, -0.2) is 19.5 Å². The van der Waals surface area contributed by atoms with Gasteiger partial charge in [0.05, 0.1) is 11.0 Å². The molecule has 0 atom stereocenters. The second kappa shape index (κ2) is 16.6. The summed E-state index contributed by atoms with van der Waals surface area (Å²) in [5, 5.41) is 9.54. The van der Waals surface area contributed by atoms with E-state index in [0.717, 1.165) is 66.5 Å². The van der Waals surface area contributed by atoms with Crippen LogP contribution in [0.2, 0.25) is 0 Å². The Kier molecular flexibility index (Phi) is 9.73. The fraction of sp³-hybridized carbons (Fsp3) is 0.0317. The molecule has 0 bridgehead atoms. The highest BCUT2D eigenvalue weighted by Crippen LogP contribution is 2.42. The third-order valence-electron chi connectivity index (χ3n) is 13.2. The first kappa shape index (κ1) is 40.6. The first-order valence-corrected chi connectivity index (χ1v) is 24.3. The predicted octanol–water partition coefficient (Wildman–Crippen LogP) is 17.8. The molecule has 0 saturated heterocycles. The van der Waals surface area contributed by atoms with Crippen LogP contribution in [0.1, 0.15) is 13.8 Å². The number of fused-ring (bicyclic) bond motifs is 10. The fourth-order valence-corrected chi connectivity index (χ4v) is 11.2. The smallest absolute Gasteiger partial charge is 0.164 e. The molecule has 0 unspecified atom stereocenters. The number of hydrogen-bond acceptors (Lipinski definition) is 5. The summed E-state index contributed by atoms with van der Waals surface area (Å²) in [6.45, 7) is 4.00. The number of furan rings is 1. The van der Waals surface area contributed by atoms with Gasteiger partial charge in [0.15, 0.2) is 17.5 Å². The summed E-state index contributed by atoms with van der Waals surface area (Å²) in [6.07, 6.45) is 0. The van der Waals surface area contributed by atoms with E-state index >= 15 is 0 Å². The lowest BCUT2D eigenvalue weighted by Crippen LogP contribution is -2.01. The zero-order valence-corrected chi connectivity index (χ0v) is 38.7. The van der Waals surface area contributed by atoms with Crippen LogP contribution in [0.15, 0.2) is 223 Å². The Morgan fingerprint density at radius 1 is 0.362 bits per heavy atom. The molecule has 0 N–H and O–H groups in total. The van der Waals surface area contributed by atoms with Crippen molar-refractivity contribution >= 4 is 86.0 Å². The molecule has 4 aromatic heterocycles. The van der Waals surface area contributed by atoms with E-state index in [1.165, 1.54) is 52.8 Å². The molecule has 326 valence electrons. The second-order valence-corrected chi connectivity index (χ2v) is 18.3. The topological polar surface area (TPSA) is 56.7 Å². The van der Waals surface area contributed by atoms with Gasteiger partial charge in [0.2, 0.25) is 0 Å². The monoisotopic (exact) mass is 902 g/mol. The number of para-hydroxylation sites is 2. The van der Waals surface area contributed by atoms with Crippen molar-refractivity contribution < 1.29 is 4.42 Å². The van der Waals surface area contributed by atoms with Crippen molar-refractivity contribution in [2.24, 2.45) is 0 Å². The van der Waals surface area contributed by atoms with Gasteiger partial charge in [-0.15, -0.1) is 11.3 Å². The van der Waals surface area contributed by atoms with Crippen LogP contribution in [0.25, 0.3) is 137 Å². The fourth-order valence-electron chi connectivity index (χ4n) is 10.0. The van der Waals surface area contributed by atoms with Gasteiger partial charge in [-0.2, -0.15) is 0 Å². The zero-order valence-electron chi connectivity index (χ0n) is 37.9. The highest BCUT2D eigenvalue weighted by atomic mass is 32.1. The van der Waals surface area contributed by atoms with Crippen LogP contribution in [0, 0.1) is 0 Å². The van der Waals surface area contributed by atoms with Gasteiger partial charge in [-0.3, -0.25) is 0 Å². The highest BCUT2D eigenvalue weighted by Gasteiger charge is 2.20. The van der Waals surface area contributed by atoms with Crippen molar-refractivity contribution in [3.05, 3.63) is 218 Å². The van der Waals surface area contributed by atoms with E-state index < -0.39 is 0 Å². The van der Waals surface area contributed by atoms with Crippen LogP contribution in [-0.2, 0) is 0 Å². The van der Waals surface area contributed by atoms with E-state index in [0.29, 0.717) is 17.5 Å². The highest BCUT2D eigenvalue weighted by molar-refractivity contribution is 7.25. The summed E-state index contributed by atoms with van der Waals surface area (Å²) in [7, 11) is 0. The lowest BCUT2D eigenvalue weighted by atomic mass is 9.96. The Balaban J connectivity index is 0.00000232. The molecule has 0 radical (unpaired) electrons. The number of benzene rings is 10. The number of aromatic nitrogens is 4. The maximum absolute atomic E-state index is 6.32. The lowest BCUT2D eigenvalue weighted by Gasteiger charge is -2.14. The molecule has 0 aliphatic heterocycles. The molecule has 0 saturated carbocycles. The minimum atomic E-state index is 0.577. The molecule has 14 aromatic rings. The maximum Gasteiger partial charge on any atom is 0.164 e. The number of nitrogens with zero attached hydrogens (tertiary/aromatic N) is 4. The average molecular weight is 903 g/mol. The molecular formula is C63H42N4OS. The van der Waals surface area contributed by atoms with Crippen molar-refractivity contribution in [2.45, 2.75) is 13.8 Å². The van der Waals surface area contributed by atoms with Gasteiger partial charge in [0.1, 0.15) is 11.2 Å². The average Bonchev–Trinajstić information content (AvgIpc) is 4.10. The molecule has 69 heavy (non-hydrogen) atoms. The normalized spacial score (nSPS) is 11.6. The summed E-state index contributed by atoms with van der Waals surface area (Å²) in [6, 6.07) is 77.7. The Labute approximate surface area is 402 Å². The molecule has 0 amide bonds. The number of thiophene rings is 1. The Morgan fingerprint density at radius 2 is 0.942 bits per heavy atom. The maximum atomic E-state index is 6.32. The first-order chi connectivity index (χ1) is 34.2. The van der Waals surface area contributed by atoms with Gasteiger partial charge in [-0.25, -0.2) is 15.0 Å². The third-order valence-corrected chi connectivity index (χ3v) is 14.3. The molecule has 10 aromatic carbocycles. The van der Waals surface area contributed by atoms with Crippen molar-refractivity contribution in [1.29, 1.82) is 0 Å². The van der Waals surface area contributed by atoms with Crippen molar-refractivity contribution in [2.75, 3.05) is 0 Å². The lowest BCUT2D eigenvalue weighted by molar-refractivity contribution is 0.669. The van der Waals surface area contributed by atoms with Crippen LogP contribution in [0.5, 0.6) is 0 Å². The Bertz CT molecular complexity index is 4300. The van der Waals surface area contributed by atoms with Gasteiger partial charge in [-0.1, -0.05) is 172 Å². The van der Waals surface area contributed by atoms with Gasteiger partial charge in [0, 0.05) is 69.7 Å². The predicted molar refractivity (Wildman–Crippen MR) is 290 cm³/mol. The Hall–Kier alpha value is -8.71. The molecule has 0 spiro atoms. The minimum Gasteiger partial charge on any atom is -0.456 e. The van der Waals surface area contributed by atoms with Crippen molar-refractivity contribution in [1.82, 2.24) is 19.5 Å². The summed E-state index contributed by atoms with van der Waals surface area (Å²) in [4.78, 5) is 15.4. The molecule has 0 fully saturated rings. The van der Waals surface area contributed by atoms with Gasteiger partial charge in [0.25, 0.3) is 0 Å². The van der Waals surface area contributed by atoms with E-state index in [-0.39, 0.29) is 0 Å². The SMILES string of the molecule is CC.c1ccc(-c2nc(-c3cccc(-n4c5cc6ccccc6cc5c5cccc(-c6cccc(-c7ccc8c(c7)sc7ccccc78)c6)c54)c3)nc(-c3ccc4c(c3)oc3ccccc34)n2)cc1. The zero-order chi connectivity index (χ0) is 46.0. The molecule has 4 heterocycles. The molecule has 0 aliphatic rings. The van der Waals surface area contributed by atoms with Gasteiger partial charge in [-0.05, 0) is 88.1 Å².